The van der Waals surface area contributed by atoms with E-state index in [0.717, 1.165) is 18.6 Å². The summed E-state index contributed by atoms with van der Waals surface area (Å²) in [6, 6.07) is 1.85. The predicted octanol–water partition coefficient (Wildman–Crippen LogP) is 2.31. The monoisotopic (exact) mass is 352 g/mol. The predicted molar refractivity (Wildman–Crippen MR) is 76.2 cm³/mol. The van der Waals surface area contributed by atoms with Gasteiger partial charge in [0.2, 0.25) is 0 Å². The normalized spacial score (nSPS) is 20.9. The molecule has 21 heavy (non-hydrogen) atoms. The van der Waals surface area contributed by atoms with Crippen molar-refractivity contribution in [2.75, 3.05) is 0 Å². The fourth-order valence-corrected chi connectivity index (χ4v) is 3.35. The van der Waals surface area contributed by atoms with Crippen LogP contribution < -0.4 is 5.32 Å². The SMILES string of the molecule is CC1CC1NC(=O)c1cc([N+](=O)[O-])c(Cl)c(S(=O)(=O)Cl)c1. The van der Waals surface area contributed by atoms with E-state index < -0.39 is 35.5 Å². The molecule has 1 aromatic rings. The second kappa shape index (κ2) is 5.43. The summed E-state index contributed by atoms with van der Waals surface area (Å²) in [7, 11) is 0.879. The number of hydrogen-bond donors (Lipinski definition) is 1. The highest BCUT2D eigenvalue weighted by molar-refractivity contribution is 8.13. The Morgan fingerprint density at radius 1 is 1.48 bits per heavy atom. The number of amides is 1. The lowest BCUT2D eigenvalue weighted by Crippen LogP contribution is -2.26. The van der Waals surface area contributed by atoms with Gasteiger partial charge in [0.1, 0.15) is 9.92 Å². The Labute approximate surface area is 129 Å². The van der Waals surface area contributed by atoms with Crippen LogP contribution in [0.5, 0.6) is 0 Å². The summed E-state index contributed by atoms with van der Waals surface area (Å²) in [4.78, 5) is 21.4. The first kappa shape index (κ1) is 16.0. The summed E-state index contributed by atoms with van der Waals surface area (Å²) >= 11 is 5.67. The highest BCUT2D eigenvalue weighted by atomic mass is 35.7. The van der Waals surface area contributed by atoms with Gasteiger partial charge in [0.05, 0.1) is 4.92 Å². The second-order valence-corrected chi connectivity index (χ2v) is 7.71. The number of nitro groups is 1. The maximum atomic E-state index is 12.0. The highest BCUT2D eigenvalue weighted by Crippen LogP contribution is 2.35. The highest BCUT2D eigenvalue weighted by Gasteiger charge is 2.35. The van der Waals surface area contributed by atoms with Crippen molar-refractivity contribution >= 4 is 42.9 Å². The third-order valence-electron chi connectivity index (χ3n) is 3.17. The van der Waals surface area contributed by atoms with Crippen LogP contribution in [0.3, 0.4) is 0 Å². The minimum Gasteiger partial charge on any atom is -0.349 e. The van der Waals surface area contributed by atoms with Crippen LogP contribution in [-0.4, -0.2) is 25.3 Å². The first-order valence-electron chi connectivity index (χ1n) is 5.84. The van der Waals surface area contributed by atoms with Crippen molar-refractivity contribution in [3.05, 3.63) is 32.8 Å². The standard InChI is InChI=1S/C11H10Cl2N2O5S/c1-5-2-7(5)14-11(16)6-3-8(15(17)18)10(12)9(4-6)21(13,19)20/h3-5,7H,2H2,1H3,(H,14,16). The molecular formula is C11H10Cl2N2O5S. The summed E-state index contributed by atoms with van der Waals surface area (Å²) in [6.45, 7) is 1.93. The third-order valence-corrected chi connectivity index (χ3v) is 5.02. The van der Waals surface area contributed by atoms with Gasteiger partial charge in [-0.15, -0.1) is 0 Å². The zero-order chi connectivity index (χ0) is 15.9. The molecule has 0 aromatic heterocycles. The zero-order valence-corrected chi connectivity index (χ0v) is 13.0. The molecule has 1 saturated carbocycles. The average molecular weight is 353 g/mol. The number of hydrogen-bond acceptors (Lipinski definition) is 5. The molecule has 0 saturated heterocycles. The van der Waals surface area contributed by atoms with Gasteiger partial charge in [-0.3, -0.25) is 14.9 Å². The smallest absolute Gasteiger partial charge is 0.290 e. The van der Waals surface area contributed by atoms with Crippen LogP contribution in [0.15, 0.2) is 17.0 Å². The van der Waals surface area contributed by atoms with Crippen molar-refractivity contribution in [2.45, 2.75) is 24.3 Å². The summed E-state index contributed by atoms with van der Waals surface area (Å²) in [6.07, 6.45) is 0.808. The molecule has 1 aliphatic rings. The molecule has 0 spiro atoms. The van der Waals surface area contributed by atoms with Crippen molar-refractivity contribution in [3.8, 4) is 0 Å². The fraction of sp³-hybridized carbons (Fsp3) is 0.364. The topological polar surface area (TPSA) is 106 Å². The molecule has 1 aliphatic carbocycles. The first-order valence-corrected chi connectivity index (χ1v) is 8.53. The molecule has 2 rings (SSSR count). The molecule has 2 atom stereocenters. The molecule has 1 fully saturated rings. The molecular weight excluding hydrogens is 343 g/mol. The van der Waals surface area contributed by atoms with Crippen molar-refractivity contribution in [1.82, 2.24) is 5.32 Å². The van der Waals surface area contributed by atoms with Crippen molar-refractivity contribution < 1.29 is 18.1 Å². The lowest BCUT2D eigenvalue weighted by molar-refractivity contribution is -0.384. The van der Waals surface area contributed by atoms with E-state index in [1.807, 2.05) is 6.92 Å². The number of carbonyl (C=O) groups is 1. The summed E-state index contributed by atoms with van der Waals surface area (Å²) in [5, 5.41) is 12.9. The number of nitro benzene ring substituents is 1. The van der Waals surface area contributed by atoms with E-state index in [4.69, 9.17) is 22.3 Å². The van der Waals surface area contributed by atoms with Gasteiger partial charge in [-0.05, 0) is 18.4 Å². The van der Waals surface area contributed by atoms with Gasteiger partial charge >= 0.3 is 0 Å². The second-order valence-electron chi connectivity index (χ2n) is 4.80. The van der Waals surface area contributed by atoms with E-state index in [9.17, 15) is 23.3 Å². The fourth-order valence-electron chi connectivity index (χ4n) is 1.80. The molecule has 1 aromatic carbocycles. The number of benzene rings is 1. The van der Waals surface area contributed by atoms with Crippen LogP contribution in [0.4, 0.5) is 5.69 Å². The number of halogens is 2. The Bertz CT molecular complexity index is 734. The number of rotatable bonds is 4. The zero-order valence-electron chi connectivity index (χ0n) is 10.7. The Kier molecular flexibility index (Phi) is 4.14. The molecule has 2 unspecified atom stereocenters. The van der Waals surface area contributed by atoms with E-state index >= 15 is 0 Å². The summed E-state index contributed by atoms with van der Waals surface area (Å²) < 4.78 is 22.8. The lowest BCUT2D eigenvalue weighted by atomic mass is 10.2. The van der Waals surface area contributed by atoms with Gasteiger partial charge in [-0.1, -0.05) is 18.5 Å². The van der Waals surface area contributed by atoms with Gasteiger partial charge in [-0.25, -0.2) is 8.42 Å². The van der Waals surface area contributed by atoms with Crippen molar-refractivity contribution in [2.24, 2.45) is 5.92 Å². The van der Waals surface area contributed by atoms with Gasteiger partial charge in [0, 0.05) is 28.4 Å². The van der Waals surface area contributed by atoms with Gasteiger partial charge < -0.3 is 5.32 Å². The van der Waals surface area contributed by atoms with Crippen molar-refractivity contribution in [1.29, 1.82) is 0 Å². The molecule has 10 heteroatoms. The minimum absolute atomic E-state index is 0.0108. The Morgan fingerprint density at radius 3 is 2.48 bits per heavy atom. The van der Waals surface area contributed by atoms with E-state index in [1.54, 1.807) is 0 Å². The van der Waals surface area contributed by atoms with Crippen LogP contribution >= 0.6 is 22.3 Å². The largest absolute Gasteiger partial charge is 0.349 e. The van der Waals surface area contributed by atoms with E-state index in [0.29, 0.717) is 5.92 Å². The summed E-state index contributed by atoms with van der Waals surface area (Å²) in [5.74, 6) is -0.279. The number of carbonyl (C=O) groups excluding carboxylic acids is 1. The molecule has 0 aliphatic heterocycles. The van der Waals surface area contributed by atoms with E-state index in [2.05, 4.69) is 5.32 Å². The van der Waals surface area contributed by atoms with Crippen molar-refractivity contribution in [3.63, 3.8) is 0 Å². The van der Waals surface area contributed by atoms with Crippen LogP contribution in [-0.2, 0) is 9.05 Å². The van der Waals surface area contributed by atoms with Gasteiger partial charge in [0.15, 0.2) is 0 Å². The molecule has 1 amide bonds. The molecule has 0 bridgehead atoms. The Morgan fingerprint density at radius 2 is 2.05 bits per heavy atom. The average Bonchev–Trinajstić information content (AvgIpc) is 3.02. The third kappa shape index (κ3) is 3.45. The van der Waals surface area contributed by atoms with Gasteiger partial charge in [-0.2, -0.15) is 0 Å². The maximum absolute atomic E-state index is 12.0. The van der Waals surface area contributed by atoms with Crippen LogP contribution in [0, 0.1) is 16.0 Å². The van der Waals surface area contributed by atoms with Crippen LogP contribution in [0.2, 0.25) is 5.02 Å². The minimum atomic E-state index is -4.31. The first-order chi connectivity index (χ1) is 9.61. The molecule has 0 heterocycles. The van der Waals surface area contributed by atoms with Crippen LogP contribution in [0.25, 0.3) is 0 Å². The van der Waals surface area contributed by atoms with E-state index in [-0.39, 0.29) is 11.6 Å². The molecule has 1 N–H and O–H groups in total. The van der Waals surface area contributed by atoms with Crippen LogP contribution in [0.1, 0.15) is 23.7 Å². The summed E-state index contributed by atoms with van der Waals surface area (Å²) in [5.41, 5.74) is -0.864. The quantitative estimate of drug-likeness (QED) is 0.508. The lowest BCUT2D eigenvalue weighted by Gasteiger charge is -2.07. The molecule has 0 radical (unpaired) electrons. The maximum Gasteiger partial charge on any atom is 0.290 e. The van der Waals surface area contributed by atoms with E-state index in [1.165, 1.54) is 0 Å². The Hall–Kier alpha value is -1.38. The molecule has 114 valence electrons. The number of nitrogens with one attached hydrogen (secondary N) is 1. The van der Waals surface area contributed by atoms with Gasteiger partial charge in [0.25, 0.3) is 20.6 Å². The molecule has 7 nitrogen and oxygen atoms in total. The number of nitrogens with zero attached hydrogens (tertiary/aromatic N) is 1. The Balaban J connectivity index is 2.49.